The van der Waals surface area contributed by atoms with Gasteiger partial charge in [0.15, 0.2) is 5.82 Å². The lowest BCUT2D eigenvalue weighted by molar-refractivity contribution is -0.131. The standard InChI is InChI=1S/C25H24ClN9O/c1-28-21-13-29-24-23(30-16-2-3-16)32-25(33-35(21)24)31-18-11-14(12-27)10-17(22(18)26)15-6-8-34(9-7-15)19-4-5-20(19)36/h10-11,13,15-16,19H,2-9H2,(H2,30,31,32,33). The maximum absolute atomic E-state index is 11.9. The van der Waals surface area contributed by atoms with Crippen LogP contribution in [0.4, 0.5) is 23.3 Å². The van der Waals surface area contributed by atoms with Crippen LogP contribution in [0.2, 0.25) is 5.02 Å². The minimum Gasteiger partial charge on any atom is -0.362 e. The number of nitrogens with zero attached hydrogens (tertiary/aromatic N) is 7. The molecule has 0 radical (unpaired) electrons. The van der Waals surface area contributed by atoms with Crippen LogP contribution in [-0.2, 0) is 4.79 Å². The fourth-order valence-electron chi connectivity index (χ4n) is 5.04. The molecule has 1 unspecified atom stereocenters. The third kappa shape index (κ3) is 4.13. The van der Waals surface area contributed by atoms with Crippen LogP contribution >= 0.6 is 11.6 Å². The molecule has 0 spiro atoms. The number of nitrogens with one attached hydrogen (secondary N) is 2. The normalized spacial score (nSPS) is 20.5. The summed E-state index contributed by atoms with van der Waals surface area (Å²) in [5.74, 6) is 1.63. The number of halogens is 1. The fraction of sp³-hybridized carbons (Fsp3) is 0.440. The van der Waals surface area contributed by atoms with Gasteiger partial charge in [0.25, 0.3) is 17.4 Å². The van der Waals surface area contributed by atoms with E-state index in [1.54, 1.807) is 6.07 Å². The Morgan fingerprint density at radius 3 is 2.64 bits per heavy atom. The number of anilines is 3. The third-order valence-corrected chi connectivity index (χ3v) is 7.72. The van der Waals surface area contributed by atoms with Gasteiger partial charge >= 0.3 is 0 Å². The third-order valence-electron chi connectivity index (χ3n) is 7.30. The van der Waals surface area contributed by atoms with Gasteiger partial charge in [-0.2, -0.15) is 10.2 Å². The molecule has 2 aliphatic carbocycles. The highest BCUT2D eigenvalue weighted by Crippen LogP contribution is 2.40. The summed E-state index contributed by atoms with van der Waals surface area (Å²) >= 11 is 6.89. The predicted molar refractivity (Wildman–Crippen MR) is 135 cm³/mol. The molecular weight excluding hydrogens is 478 g/mol. The molecule has 3 aliphatic rings. The van der Waals surface area contributed by atoms with E-state index in [1.807, 2.05) is 6.07 Å². The Kier molecular flexibility index (Phi) is 5.71. The van der Waals surface area contributed by atoms with Crippen molar-refractivity contribution in [2.75, 3.05) is 23.7 Å². The minimum absolute atomic E-state index is 0.0816. The molecule has 1 aliphatic heterocycles. The second-order valence-corrected chi connectivity index (χ2v) is 10.0. The molecule has 2 N–H and O–H groups in total. The highest BCUT2D eigenvalue weighted by atomic mass is 35.5. The monoisotopic (exact) mass is 501 g/mol. The number of benzene rings is 1. The smallest absolute Gasteiger partial charge is 0.275 e. The molecule has 182 valence electrons. The Balaban J connectivity index is 1.30. The van der Waals surface area contributed by atoms with Crippen molar-refractivity contribution in [3.05, 3.63) is 45.9 Å². The van der Waals surface area contributed by atoms with Crippen LogP contribution in [0.3, 0.4) is 0 Å². The Morgan fingerprint density at radius 1 is 1.19 bits per heavy atom. The molecule has 0 amide bonds. The largest absolute Gasteiger partial charge is 0.362 e. The molecule has 11 heteroatoms. The van der Waals surface area contributed by atoms with Gasteiger partial charge in [-0.3, -0.25) is 9.69 Å². The van der Waals surface area contributed by atoms with Crippen molar-refractivity contribution in [2.24, 2.45) is 0 Å². The van der Waals surface area contributed by atoms with Gasteiger partial charge < -0.3 is 15.5 Å². The number of piperidine rings is 1. The molecule has 1 atom stereocenters. The van der Waals surface area contributed by atoms with Gasteiger partial charge in [-0.25, -0.2) is 4.98 Å². The first-order chi connectivity index (χ1) is 17.5. The number of hydrogen-bond acceptors (Lipinski definition) is 8. The Morgan fingerprint density at radius 2 is 2.00 bits per heavy atom. The lowest BCUT2D eigenvalue weighted by Gasteiger charge is -2.40. The Labute approximate surface area is 213 Å². The quantitative estimate of drug-likeness (QED) is 0.476. The van der Waals surface area contributed by atoms with E-state index in [2.05, 4.69) is 41.5 Å². The number of ketones is 1. The lowest BCUT2D eigenvalue weighted by Crippen LogP contribution is -2.50. The number of Topliss-reactive ketones (excluding diaryl/α,β-unsaturated/α-hetero) is 1. The van der Waals surface area contributed by atoms with Crippen LogP contribution in [-0.4, -0.2) is 55.4 Å². The Bertz CT molecular complexity index is 1440. The molecule has 2 aromatic heterocycles. The van der Waals surface area contributed by atoms with E-state index in [1.165, 1.54) is 10.7 Å². The number of nitriles is 1. The highest BCUT2D eigenvalue weighted by molar-refractivity contribution is 6.34. The number of carbonyl (C=O) groups is 1. The van der Waals surface area contributed by atoms with E-state index in [9.17, 15) is 10.1 Å². The molecule has 36 heavy (non-hydrogen) atoms. The number of likely N-dealkylation sites (tertiary alicyclic amines) is 1. The van der Waals surface area contributed by atoms with Crippen molar-refractivity contribution in [3.63, 3.8) is 0 Å². The molecule has 10 nitrogen and oxygen atoms in total. The second-order valence-electron chi connectivity index (χ2n) is 9.66. The van der Waals surface area contributed by atoms with E-state index in [-0.39, 0.29) is 23.7 Å². The summed E-state index contributed by atoms with van der Waals surface area (Å²) in [6, 6.07) is 6.21. The van der Waals surface area contributed by atoms with Crippen LogP contribution < -0.4 is 10.6 Å². The van der Waals surface area contributed by atoms with Crippen LogP contribution in [0, 0.1) is 17.9 Å². The van der Waals surface area contributed by atoms with Crippen molar-refractivity contribution in [2.45, 2.75) is 56.5 Å². The average Bonchev–Trinajstić information content (AvgIpc) is 3.60. The second kappa shape index (κ2) is 9.05. The van der Waals surface area contributed by atoms with Crippen LogP contribution in [0.25, 0.3) is 10.5 Å². The van der Waals surface area contributed by atoms with Gasteiger partial charge in [-0.05, 0) is 68.8 Å². The van der Waals surface area contributed by atoms with Crippen molar-refractivity contribution in [1.82, 2.24) is 24.5 Å². The first-order valence-corrected chi connectivity index (χ1v) is 12.6. The number of imidazole rings is 1. The van der Waals surface area contributed by atoms with E-state index in [0.717, 1.165) is 50.8 Å². The number of aromatic nitrogens is 4. The highest BCUT2D eigenvalue weighted by Gasteiger charge is 2.36. The van der Waals surface area contributed by atoms with Gasteiger partial charge in [0.05, 0.1) is 34.6 Å². The van der Waals surface area contributed by atoms with Crippen LogP contribution in [0.1, 0.15) is 55.6 Å². The maximum Gasteiger partial charge on any atom is 0.275 e. The summed E-state index contributed by atoms with van der Waals surface area (Å²) < 4.78 is 1.47. The summed E-state index contributed by atoms with van der Waals surface area (Å²) in [5.41, 5.74) is 2.45. The van der Waals surface area contributed by atoms with Gasteiger partial charge in [-0.15, -0.1) is 4.52 Å². The van der Waals surface area contributed by atoms with Gasteiger partial charge in [0.1, 0.15) is 5.78 Å². The molecule has 3 heterocycles. The van der Waals surface area contributed by atoms with Crippen molar-refractivity contribution < 1.29 is 4.79 Å². The molecule has 0 bridgehead atoms. The zero-order valence-electron chi connectivity index (χ0n) is 19.5. The van der Waals surface area contributed by atoms with Gasteiger partial charge in [0, 0.05) is 12.5 Å². The predicted octanol–water partition coefficient (Wildman–Crippen LogP) is 4.43. The first-order valence-electron chi connectivity index (χ1n) is 12.2. The number of hydrogen-bond donors (Lipinski definition) is 2. The first kappa shape index (κ1) is 22.7. The van der Waals surface area contributed by atoms with E-state index >= 15 is 0 Å². The molecule has 1 aromatic carbocycles. The van der Waals surface area contributed by atoms with E-state index in [4.69, 9.17) is 18.2 Å². The zero-order valence-corrected chi connectivity index (χ0v) is 20.3. The van der Waals surface area contributed by atoms with Crippen molar-refractivity contribution >= 4 is 46.3 Å². The maximum atomic E-state index is 11.9. The van der Waals surface area contributed by atoms with Crippen LogP contribution in [0.15, 0.2) is 18.3 Å². The van der Waals surface area contributed by atoms with E-state index < -0.39 is 0 Å². The van der Waals surface area contributed by atoms with Gasteiger partial charge in [-0.1, -0.05) is 23.3 Å². The number of carbonyl (C=O) groups excluding carboxylic acids is 1. The molecule has 1 saturated heterocycles. The molecule has 3 aromatic rings. The zero-order chi connectivity index (χ0) is 24.8. The summed E-state index contributed by atoms with van der Waals surface area (Å²) in [6.45, 7) is 9.12. The molecule has 2 saturated carbocycles. The minimum atomic E-state index is 0.0816. The SMILES string of the molecule is [C-]#[N+]c1cnc2c(NC3CC3)nc(Nc3cc(C#N)cc(C4CCN(C5CCC5=O)CC4)c3Cl)nn12. The number of rotatable bonds is 6. The van der Waals surface area contributed by atoms with Gasteiger partial charge in [0.2, 0.25) is 0 Å². The molecule has 6 rings (SSSR count). The van der Waals surface area contributed by atoms with Crippen molar-refractivity contribution in [1.29, 1.82) is 5.26 Å². The summed E-state index contributed by atoms with van der Waals surface area (Å²) in [7, 11) is 0. The summed E-state index contributed by atoms with van der Waals surface area (Å²) in [6.07, 6.45) is 6.99. The van der Waals surface area contributed by atoms with Crippen molar-refractivity contribution in [3.8, 4) is 6.07 Å². The molecular formula is C25H24ClN9O. The lowest BCUT2D eigenvalue weighted by atomic mass is 9.84. The Hall–Kier alpha value is -3.73. The summed E-state index contributed by atoms with van der Waals surface area (Å²) in [4.78, 5) is 26.6. The van der Waals surface area contributed by atoms with E-state index in [0.29, 0.717) is 46.0 Å². The summed E-state index contributed by atoms with van der Waals surface area (Å²) in [5, 5.41) is 21.3. The fourth-order valence-corrected chi connectivity index (χ4v) is 5.35. The van der Waals surface area contributed by atoms with Crippen LogP contribution in [0.5, 0.6) is 0 Å². The molecule has 3 fully saturated rings. The average molecular weight is 502 g/mol. The topological polar surface area (TPSA) is 116 Å². The number of fused-ring (bicyclic) bond motifs is 1.